The molecule has 1 saturated carbocycles. The fourth-order valence-corrected chi connectivity index (χ4v) is 3.20. The molecule has 3 unspecified atom stereocenters. The number of hydrogen-bond donors (Lipinski definition) is 0. The molecular weight excluding hydrogens is 264 g/mol. The molecule has 0 amide bonds. The number of rotatable bonds is 5. The summed E-state index contributed by atoms with van der Waals surface area (Å²) in [5, 5.41) is 0. The van der Waals surface area contributed by atoms with Crippen LogP contribution in [0.1, 0.15) is 65.2 Å². The molecule has 1 aliphatic rings. The van der Waals surface area contributed by atoms with Crippen LogP contribution in [0.2, 0.25) is 0 Å². The highest BCUT2D eigenvalue weighted by Gasteiger charge is 2.21. The number of hydrogen-bond acceptors (Lipinski definition) is 1. The predicted molar refractivity (Wildman–Crippen MR) is 74.2 cm³/mol. The lowest BCUT2D eigenvalue weighted by Gasteiger charge is -2.26. The molecule has 0 heterocycles. The van der Waals surface area contributed by atoms with E-state index >= 15 is 0 Å². The van der Waals surface area contributed by atoms with Crippen LogP contribution < -0.4 is 0 Å². The fourth-order valence-electron chi connectivity index (χ4n) is 2.46. The van der Waals surface area contributed by atoms with Crippen molar-refractivity contribution in [1.82, 2.24) is 0 Å². The van der Waals surface area contributed by atoms with Crippen LogP contribution in [0.3, 0.4) is 0 Å². The van der Waals surface area contributed by atoms with E-state index in [0.29, 0.717) is 10.9 Å². The van der Waals surface area contributed by atoms with Crippen LogP contribution in [0.5, 0.6) is 0 Å². The van der Waals surface area contributed by atoms with Gasteiger partial charge in [-0.05, 0) is 25.2 Å². The third kappa shape index (κ3) is 5.67. The fraction of sp³-hybridized carbons (Fsp3) is 1.00. The van der Waals surface area contributed by atoms with Crippen molar-refractivity contribution < 1.29 is 4.74 Å². The molecule has 1 fully saturated rings. The van der Waals surface area contributed by atoms with Crippen LogP contribution in [0.15, 0.2) is 0 Å². The van der Waals surface area contributed by atoms with Gasteiger partial charge in [0.2, 0.25) is 0 Å². The monoisotopic (exact) mass is 290 g/mol. The van der Waals surface area contributed by atoms with Crippen molar-refractivity contribution in [3.8, 4) is 0 Å². The minimum Gasteiger partial charge on any atom is -0.377 e. The summed E-state index contributed by atoms with van der Waals surface area (Å²) in [5.41, 5.74) is 0. The quantitative estimate of drug-likeness (QED) is 0.653. The SMILES string of the molecule is CCCC(C)COC1CCCCCCC1Br. The first-order valence-corrected chi connectivity index (χ1v) is 7.91. The average molecular weight is 291 g/mol. The van der Waals surface area contributed by atoms with Gasteiger partial charge in [0.25, 0.3) is 0 Å². The summed E-state index contributed by atoms with van der Waals surface area (Å²) < 4.78 is 6.10. The summed E-state index contributed by atoms with van der Waals surface area (Å²) in [6.45, 7) is 5.50. The smallest absolute Gasteiger partial charge is 0.0700 e. The lowest BCUT2D eigenvalue weighted by Crippen LogP contribution is -2.27. The van der Waals surface area contributed by atoms with Crippen LogP contribution in [0.4, 0.5) is 0 Å². The van der Waals surface area contributed by atoms with Gasteiger partial charge in [-0.3, -0.25) is 0 Å². The van der Waals surface area contributed by atoms with Crippen LogP contribution in [-0.4, -0.2) is 17.5 Å². The van der Waals surface area contributed by atoms with Gasteiger partial charge in [-0.2, -0.15) is 0 Å². The zero-order chi connectivity index (χ0) is 11.8. The first-order valence-electron chi connectivity index (χ1n) is 6.99. The Hall–Kier alpha value is 0.440. The summed E-state index contributed by atoms with van der Waals surface area (Å²) in [6, 6.07) is 0. The van der Waals surface area contributed by atoms with E-state index < -0.39 is 0 Å². The van der Waals surface area contributed by atoms with Crippen LogP contribution in [-0.2, 0) is 4.74 Å². The highest BCUT2D eigenvalue weighted by atomic mass is 79.9. The van der Waals surface area contributed by atoms with Crippen molar-refractivity contribution in [2.45, 2.75) is 76.1 Å². The summed E-state index contributed by atoms with van der Waals surface area (Å²) >= 11 is 3.80. The standard InChI is InChI=1S/C14H27BrO/c1-3-8-12(2)11-16-14-10-7-5-4-6-9-13(14)15/h12-14H,3-11H2,1-2H3. The van der Waals surface area contributed by atoms with Gasteiger partial charge in [-0.25, -0.2) is 0 Å². The molecule has 1 aliphatic carbocycles. The van der Waals surface area contributed by atoms with E-state index in [-0.39, 0.29) is 0 Å². The molecule has 0 N–H and O–H groups in total. The Morgan fingerprint density at radius 3 is 2.56 bits per heavy atom. The predicted octanol–water partition coefficient (Wildman–Crippen LogP) is 4.93. The maximum Gasteiger partial charge on any atom is 0.0700 e. The molecular formula is C14H27BrO. The first-order chi connectivity index (χ1) is 7.74. The molecule has 0 radical (unpaired) electrons. The van der Waals surface area contributed by atoms with Crippen molar-refractivity contribution in [3.63, 3.8) is 0 Å². The normalized spacial score (nSPS) is 29.4. The van der Waals surface area contributed by atoms with E-state index in [1.54, 1.807) is 0 Å². The highest BCUT2D eigenvalue weighted by Crippen LogP contribution is 2.26. The molecule has 1 nitrogen and oxygen atoms in total. The van der Waals surface area contributed by atoms with E-state index in [1.165, 1.54) is 51.4 Å². The minimum absolute atomic E-state index is 0.458. The van der Waals surface area contributed by atoms with Crippen LogP contribution in [0.25, 0.3) is 0 Å². The largest absolute Gasteiger partial charge is 0.377 e. The number of alkyl halides is 1. The molecule has 3 atom stereocenters. The molecule has 0 aromatic rings. The van der Waals surface area contributed by atoms with Crippen LogP contribution >= 0.6 is 15.9 Å². The average Bonchev–Trinajstić information content (AvgIpc) is 2.23. The lowest BCUT2D eigenvalue weighted by molar-refractivity contribution is 0.0205. The molecule has 0 saturated heterocycles. The lowest BCUT2D eigenvalue weighted by atomic mass is 9.98. The van der Waals surface area contributed by atoms with Gasteiger partial charge >= 0.3 is 0 Å². The Kier molecular flexibility index (Phi) is 7.72. The second-order valence-corrected chi connectivity index (χ2v) is 6.45. The molecule has 0 aromatic carbocycles. The van der Waals surface area contributed by atoms with E-state index in [9.17, 15) is 0 Å². The van der Waals surface area contributed by atoms with Crippen molar-refractivity contribution in [1.29, 1.82) is 0 Å². The molecule has 0 aromatic heterocycles. The van der Waals surface area contributed by atoms with Crippen molar-refractivity contribution >= 4 is 15.9 Å². The van der Waals surface area contributed by atoms with E-state index in [2.05, 4.69) is 29.8 Å². The molecule has 0 aliphatic heterocycles. The Morgan fingerprint density at radius 1 is 1.19 bits per heavy atom. The second kappa shape index (κ2) is 8.52. The molecule has 16 heavy (non-hydrogen) atoms. The van der Waals surface area contributed by atoms with Gasteiger partial charge in [0.05, 0.1) is 6.10 Å². The molecule has 1 rings (SSSR count). The number of ether oxygens (including phenoxy) is 1. The summed E-state index contributed by atoms with van der Waals surface area (Å²) in [6.07, 6.45) is 11.0. The number of halogens is 1. The Labute approximate surface area is 109 Å². The Morgan fingerprint density at radius 2 is 1.88 bits per heavy atom. The van der Waals surface area contributed by atoms with Crippen molar-refractivity contribution in [2.24, 2.45) is 5.92 Å². The van der Waals surface area contributed by atoms with Gasteiger partial charge in [0, 0.05) is 11.4 Å². The van der Waals surface area contributed by atoms with Crippen molar-refractivity contribution in [3.05, 3.63) is 0 Å². The minimum atomic E-state index is 0.458. The molecule has 0 spiro atoms. The van der Waals surface area contributed by atoms with Gasteiger partial charge in [0.15, 0.2) is 0 Å². The van der Waals surface area contributed by atoms with E-state index in [4.69, 9.17) is 4.74 Å². The van der Waals surface area contributed by atoms with Crippen LogP contribution in [0, 0.1) is 5.92 Å². The molecule has 96 valence electrons. The van der Waals surface area contributed by atoms with E-state index in [0.717, 1.165) is 12.5 Å². The van der Waals surface area contributed by atoms with Gasteiger partial charge in [0.1, 0.15) is 0 Å². The zero-order valence-corrected chi connectivity index (χ0v) is 12.5. The Bertz CT molecular complexity index is 172. The second-order valence-electron chi connectivity index (χ2n) is 5.27. The topological polar surface area (TPSA) is 9.23 Å². The maximum absolute atomic E-state index is 6.10. The Balaban J connectivity index is 2.25. The summed E-state index contributed by atoms with van der Waals surface area (Å²) in [4.78, 5) is 0.585. The first kappa shape index (κ1) is 14.5. The zero-order valence-electron chi connectivity index (χ0n) is 10.9. The maximum atomic E-state index is 6.10. The van der Waals surface area contributed by atoms with Crippen molar-refractivity contribution in [2.75, 3.05) is 6.61 Å². The van der Waals surface area contributed by atoms with Gasteiger partial charge in [-0.15, -0.1) is 0 Å². The third-order valence-corrected chi connectivity index (χ3v) is 4.55. The molecule has 2 heteroatoms. The van der Waals surface area contributed by atoms with Gasteiger partial charge < -0.3 is 4.74 Å². The molecule has 0 bridgehead atoms. The highest BCUT2D eigenvalue weighted by molar-refractivity contribution is 9.09. The summed E-state index contributed by atoms with van der Waals surface area (Å²) in [7, 11) is 0. The third-order valence-electron chi connectivity index (χ3n) is 3.50. The summed E-state index contributed by atoms with van der Waals surface area (Å²) in [5.74, 6) is 0.718. The van der Waals surface area contributed by atoms with E-state index in [1.807, 2.05) is 0 Å². The van der Waals surface area contributed by atoms with Gasteiger partial charge in [-0.1, -0.05) is 61.9 Å².